The molecule has 0 aromatic heterocycles. The predicted octanol–water partition coefficient (Wildman–Crippen LogP) is 2.58. The number of rotatable bonds is 4. The summed E-state index contributed by atoms with van der Waals surface area (Å²) in [6.45, 7) is 3.99. The molecule has 0 bridgehead atoms. The number of ether oxygens (including phenoxy) is 1. The summed E-state index contributed by atoms with van der Waals surface area (Å²) in [4.78, 5) is -0.486. The van der Waals surface area contributed by atoms with Crippen LogP contribution >= 0.6 is 0 Å². The molecule has 0 saturated heterocycles. The van der Waals surface area contributed by atoms with E-state index < -0.39 is 27.6 Å². The molecule has 1 rings (SSSR count). The molecule has 0 spiro atoms. The third-order valence-electron chi connectivity index (χ3n) is 1.75. The van der Waals surface area contributed by atoms with Crippen molar-refractivity contribution in [2.75, 3.05) is 6.61 Å². The molecule has 0 aliphatic heterocycles. The first kappa shape index (κ1) is 13.1. The van der Waals surface area contributed by atoms with Crippen molar-refractivity contribution in [2.24, 2.45) is 5.92 Å². The summed E-state index contributed by atoms with van der Waals surface area (Å²) < 4.78 is 50.8. The van der Waals surface area contributed by atoms with Gasteiger partial charge in [-0.25, -0.2) is 13.0 Å². The summed E-state index contributed by atoms with van der Waals surface area (Å²) in [7, 11) is 0. The highest BCUT2D eigenvalue weighted by atomic mass is 32.2. The quantitative estimate of drug-likeness (QED) is 0.835. The van der Waals surface area contributed by atoms with Crippen molar-refractivity contribution in [3.8, 4) is 5.75 Å². The number of hydrogen-bond acceptors (Lipinski definition) is 2. The van der Waals surface area contributed by atoms with E-state index in [0.717, 1.165) is 6.07 Å². The normalized spacial score (nSPS) is 12.9. The van der Waals surface area contributed by atoms with Crippen LogP contribution in [0.1, 0.15) is 13.8 Å². The Balaban J connectivity index is 3.00. The topological polar surface area (TPSA) is 46.5 Å². The van der Waals surface area contributed by atoms with Crippen molar-refractivity contribution < 1.29 is 22.3 Å². The van der Waals surface area contributed by atoms with Gasteiger partial charge in [0.1, 0.15) is 10.7 Å². The molecule has 0 heterocycles. The number of benzene rings is 1. The van der Waals surface area contributed by atoms with Gasteiger partial charge in [0.2, 0.25) is 0 Å². The zero-order valence-electron chi connectivity index (χ0n) is 8.87. The Morgan fingerprint density at radius 1 is 1.38 bits per heavy atom. The van der Waals surface area contributed by atoms with Crippen LogP contribution in [0, 0.1) is 17.6 Å². The molecule has 1 aromatic carbocycles. The minimum absolute atomic E-state index is 0.174. The van der Waals surface area contributed by atoms with Crippen LogP contribution in [0.3, 0.4) is 0 Å². The maximum absolute atomic E-state index is 13.2. The lowest BCUT2D eigenvalue weighted by Crippen LogP contribution is -2.07. The fraction of sp³-hybridized carbons (Fsp3) is 0.400. The molecule has 1 atom stereocenters. The van der Waals surface area contributed by atoms with Gasteiger partial charge in [0.25, 0.3) is 0 Å². The molecule has 0 fully saturated rings. The summed E-state index contributed by atoms with van der Waals surface area (Å²) in [5, 5.41) is 0. The van der Waals surface area contributed by atoms with Gasteiger partial charge in [-0.05, 0) is 5.92 Å². The maximum Gasteiger partial charge on any atom is 0.189 e. The van der Waals surface area contributed by atoms with Gasteiger partial charge >= 0.3 is 0 Å². The van der Waals surface area contributed by atoms with E-state index in [1.54, 1.807) is 0 Å². The van der Waals surface area contributed by atoms with Crippen LogP contribution in [0.2, 0.25) is 0 Å². The van der Waals surface area contributed by atoms with Gasteiger partial charge in [0, 0.05) is 12.1 Å². The molecule has 0 amide bonds. The van der Waals surface area contributed by atoms with E-state index in [-0.39, 0.29) is 18.3 Å². The second-order valence-corrected chi connectivity index (χ2v) is 4.61. The monoisotopic (exact) mass is 250 g/mol. The lowest BCUT2D eigenvalue weighted by molar-refractivity contribution is 0.257. The number of hydrogen-bond donors (Lipinski definition) is 1. The molecular formula is C10H12F2O3S. The van der Waals surface area contributed by atoms with E-state index in [1.165, 1.54) is 0 Å². The molecule has 0 aliphatic rings. The average molecular weight is 250 g/mol. The van der Waals surface area contributed by atoms with Crippen molar-refractivity contribution in [1.29, 1.82) is 0 Å². The fourth-order valence-corrected chi connectivity index (χ4v) is 1.44. The Kier molecular flexibility index (Phi) is 4.37. The highest BCUT2D eigenvalue weighted by Crippen LogP contribution is 2.23. The minimum atomic E-state index is -2.50. The Morgan fingerprint density at radius 2 is 2.00 bits per heavy atom. The first-order valence-corrected chi connectivity index (χ1v) is 5.75. The molecule has 90 valence electrons. The van der Waals surface area contributed by atoms with Crippen LogP contribution in [-0.2, 0) is 11.1 Å². The van der Waals surface area contributed by atoms with Crippen LogP contribution in [0.4, 0.5) is 8.78 Å². The van der Waals surface area contributed by atoms with E-state index in [4.69, 9.17) is 9.29 Å². The smallest absolute Gasteiger partial charge is 0.189 e. The third-order valence-corrected chi connectivity index (χ3v) is 2.44. The lowest BCUT2D eigenvalue weighted by atomic mass is 10.2. The SMILES string of the molecule is CC(C)COc1cc(S(=O)O)c(F)cc1F. The maximum atomic E-state index is 13.2. The summed E-state index contributed by atoms with van der Waals surface area (Å²) in [6, 6.07) is 1.45. The Morgan fingerprint density at radius 3 is 2.50 bits per heavy atom. The van der Waals surface area contributed by atoms with Crippen molar-refractivity contribution in [3.05, 3.63) is 23.8 Å². The average Bonchev–Trinajstić information content (AvgIpc) is 2.15. The van der Waals surface area contributed by atoms with Crippen molar-refractivity contribution in [1.82, 2.24) is 0 Å². The van der Waals surface area contributed by atoms with Crippen molar-refractivity contribution in [3.63, 3.8) is 0 Å². The Labute approximate surface area is 94.7 Å². The van der Waals surface area contributed by atoms with Gasteiger partial charge in [-0.3, -0.25) is 0 Å². The first-order chi connectivity index (χ1) is 7.41. The van der Waals surface area contributed by atoms with Crippen molar-refractivity contribution >= 4 is 11.1 Å². The fourth-order valence-electron chi connectivity index (χ4n) is 1.01. The second-order valence-electron chi connectivity index (χ2n) is 3.67. The third kappa shape index (κ3) is 3.24. The molecule has 0 radical (unpaired) electrons. The van der Waals surface area contributed by atoms with E-state index in [0.29, 0.717) is 6.07 Å². The second kappa shape index (κ2) is 5.36. The zero-order valence-corrected chi connectivity index (χ0v) is 9.68. The van der Waals surface area contributed by atoms with Crippen LogP contribution in [-0.4, -0.2) is 15.4 Å². The molecule has 1 N–H and O–H groups in total. The molecule has 6 heteroatoms. The molecule has 0 aliphatic carbocycles. The number of halogens is 2. The largest absolute Gasteiger partial charge is 0.490 e. The molecular weight excluding hydrogens is 238 g/mol. The highest BCUT2D eigenvalue weighted by molar-refractivity contribution is 7.79. The van der Waals surface area contributed by atoms with E-state index in [2.05, 4.69) is 0 Å². The molecule has 3 nitrogen and oxygen atoms in total. The van der Waals surface area contributed by atoms with Gasteiger partial charge in [0.05, 0.1) is 6.61 Å². The van der Waals surface area contributed by atoms with Crippen LogP contribution in [0.5, 0.6) is 5.75 Å². The molecule has 1 aromatic rings. The molecule has 1 unspecified atom stereocenters. The summed E-state index contributed by atoms with van der Waals surface area (Å²) >= 11 is -2.50. The van der Waals surface area contributed by atoms with E-state index >= 15 is 0 Å². The standard InChI is InChI=1S/C10H12F2O3S/c1-6(2)5-15-9-4-10(16(13)14)8(12)3-7(9)11/h3-4,6H,5H2,1-2H3,(H,13,14). The lowest BCUT2D eigenvalue weighted by Gasteiger charge is -2.10. The van der Waals surface area contributed by atoms with E-state index in [9.17, 15) is 13.0 Å². The molecule has 0 saturated carbocycles. The van der Waals surface area contributed by atoms with Crippen LogP contribution < -0.4 is 4.74 Å². The van der Waals surface area contributed by atoms with Gasteiger partial charge in [-0.1, -0.05) is 13.8 Å². The van der Waals surface area contributed by atoms with Gasteiger partial charge in [-0.15, -0.1) is 0 Å². The Bertz CT molecular complexity index is 407. The van der Waals surface area contributed by atoms with Crippen molar-refractivity contribution in [2.45, 2.75) is 18.7 Å². The summed E-state index contributed by atoms with van der Waals surface area (Å²) in [5.41, 5.74) is 0. The van der Waals surface area contributed by atoms with Gasteiger partial charge in [0.15, 0.2) is 22.6 Å². The van der Waals surface area contributed by atoms with Crippen LogP contribution in [0.25, 0.3) is 0 Å². The first-order valence-electron chi connectivity index (χ1n) is 4.64. The van der Waals surface area contributed by atoms with Gasteiger partial charge in [-0.2, -0.15) is 0 Å². The zero-order chi connectivity index (χ0) is 12.3. The predicted molar refractivity (Wildman–Crippen MR) is 55.7 cm³/mol. The van der Waals surface area contributed by atoms with E-state index in [1.807, 2.05) is 13.8 Å². The highest BCUT2D eigenvalue weighted by Gasteiger charge is 2.15. The summed E-state index contributed by atoms with van der Waals surface area (Å²) in [6.07, 6.45) is 0. The Hall–Kier alpha value is -1.01. The summed E-state index contributed by atoms with van der Waals surface area (Å²) in [5.74, 6) is -1.98. The minimum Gasteiger partial charge on any atom is -0.490 e. The van der Waals surface area contributed by atoms with Gasteiger partial charge < -0.3 is 9.29 Å². The molecule has 16 heavy (non-hydrogen) atoms. The van der Waals surface area contributed by atoms with Crippen LogP contribution in [0.15, 0.2) is 17.0 Å².